The van der Waals surface area contributed by atoms with Crippen molar-refractivity contribution in [3.8, 4) is 0 Å². The van der Waals surface area contributed by atoms with Gasteiger partial charge in [-0.05, 0) is 32.1 Å². The second-order valence-corrected chi connectivity index (χ2v) is 6.06. The van der Waals surface area contributed by atoms with E-state index in [1.807, 2.05) is 6.92 Å². The number of unbranched alkanes of at least 4 members (excludes halogenated alkanes) is 3. The van der Waals surface area contributed by atoms with Crippen molar-refractivity contribution in [3.63, 3.8) is 0 Å². The predicted octanol–water partition coefficient (Wildman–Crippen LogP) is 4.30. The lowest BCUT2D eigenvalue weighted by Crippen LogP contribution is -2.48. The van der Waals surface area contributed by atoms with Crippen molar-refractivity contribution in [1.29, 1.82) is 0 Å². The quantitative estimate of drug-likeness (QED) is 0.656. The van der Waals surface area contributed by atoms with E-state index in [0.29, 0.717) is 5.92 Å². The van der Waals surface area contributed by atoms with Crippen molar-refractivity contribution in [2.24, 2.45) is 5.92 Å². The zero-order valence-corrected chi connectivity index (χ0v) is 12.6. The molecule has 2 nitrogen and oxygen atoms in total. The van der Waals surface area contributed by atoms with Crippen LogP contribution in [0.3, 0.4) is 0 Å². The molecule has 0 bridgehead atoms. The number of hydrogen-bond acceptors (Lipinski definition) is 2. The molecule has 1 aliphatic carbocycles. The monoisotopic (exact) mass is 256 g/mol. The lowest BCUT2D eigenvalue weighted by molar-refractivity contribution is -0.149. The Morgan fingerprint density at radius 1 is 1.28 bits per heavy atom. The molecule has 0 aromatic rings. The van der Waals surface area contributed by atoms with Crippen molar-refractivity contribution >= 4 is 0 Å². The van der Waals surface area contributed by atoms with Gasteiger partial charge in [-0.15, -0.1) is 0 Å². The van der Waals surface area contributed by atoms with E-state index in [0.717, 1.165) is 32.3 Å². The molecule has 0 saturated heterocycles. The van der Waals surface area contributed by atoms with Gasteiger partial charge in [-0.2, -0.15) is 0 Å². The maximum Gasteiger partial charge on any atom is 0.0942 e. The third-order valence-corrected chi connectivity index (χ3v) is 4.36. The maximum atomic E-state index is 10.5. The van der Waals surface area contributed by atoms with Gasteiger partial charge in [-0.1, -0.05) is 52.4 Å². The first-order valence-corrected chi connectivity index (χ1v) is 7.96. The van der Waals surface area contributed by atoms with Gasteiger partial charge < -0.3 is 9.84 Å². The average Bonchev–Trinajstić information content (AvgIpc) is 2.34. The van der Waals surface area contributed by atoms with Crippen LogP contribution >= 0.6 is 0 Å². The Balaban J connectivity index is 2.48. The van der Waals surface area contributed by atoms with Crippen LogP contribution in [-0.4, -0.2) is 23.4 Å². The lowest BCUT2D eigenvalue weighted by Gasteiger charge is -2.43. The summed E-state index contributed by atoms with van der Waals surface area (Å²) in [6.07, 6.45) is 10.1. The van der Waals surface area contributed by atoms with Crippen molar-refractivity contribution in [2.45, 2.75) is 90.3 Å². The molecule has 18 heavy (non-hydrogen) atoms. The summed E-state index contributed by atoms with van der Waals surface area (Å²) < 4.78 is 6.01. The smallest absolute Gasteiger partial charge is 0.0942 e. The lowest BCUT2D eigenvalue weighted by atomic mass is 9.74. The highest BCUT2D eigenvalue weighted by atomic mass is 16.5. The van der Waals surface area contributed by atoms with Crippen LogP contribution in [0.2, 0.25) is 0 Å². The Hall–Kier alpha value is -0.0800. The van der Waals surface area contributed by atoms with Gasteiger partial charge in [-0.3, -0.25) is 0 Å². The number of ether oxygens (including phenoxy) is 1. The summed E-state index contributed by atoms with van der Waals surface area (Å²) in [7, 11) is 0. The molecule has 2 heteroatoms. The fraction of sp³-hybridized carbons (Fsp3) is 1.00. The Morgan fingerprint density at radius 3 is 2.67 bits per heavy atom. The molecule has 1 N–H and O–H groups in total. The molecule has 0 amide bonds. The van der Waals surface area contributed by atoms with Gasteiger partial charge in [0.25, 0.3) is 0 Å². The molecule has 0 aliphatic heterocycles. The molecule has 1 rings (SSSR count). The van der Waals surface area contributed by atoms with Crippen LogP contribution in [-0.2, 0) is 4.74 Å². The number of aliphatic hydroxyl groups is 1. The minimum atomic E-state index is -0.267. The third kappa shape index (κ3) is 4.55. The molecule has 0 heterocycles. The van der Waals surface area contributed by atoms with Crippen LogP contribution in [0, 0.1) is 5.92 Å². The second kappa shape index (κ2) is 8.16. The highest BCUT2D eigenvalue weighted by Crippen LogP contribution is 2.39. The summed E-state index contributed by atoms with van der Waals surface area (Å²) in [6.45, 7) is 7.28. The van der Waals surface area contributed by atoms with Crippen molar-refractivity contribution in [1.82, 2.24) is 0 Å². The van der Waals surface area contributed by atoms with Crippen LogP contribution < -0.4 is 0 Å². The van der Waals surface area contributed by atoms with E-state index in [9.17, 15) is 5.11 Å². The second-order valence-electron chi connectivity index (χ2n) is 6.06. The van der Waals surface area contributed by atoms with Gasteiger partial charge in [0.15, 0.2) is 0 Å². The van der Waals surface area contributed by atoms with Crippen LogP contribution in [0.25, 0.3) is 0 Å². The first-order chi connectivity index (χ1) is 8.64. The standard InChI is InChI=1S/C16H32O2/c1-4-6-7-8-11-15(17)16(18-5-2)12-9-10-14(3)13-16/h14-15,17H,4-13H2,1-3H3. The minimum Gasteiger partial charge on any atom is -0.390 e. The molecular formula is C16H32O2. The van der Waals surface area contributed by atoms with Gasteiger partial charge >= 0.3 is 0 Å². The molecule has 1 saturated carbocycles. The highest BCUT2D eigenvalue weighted by Gasteiger charge is 2.41. The predicted molar refractivity (Wildman–Crippen MR) is 76.8 cm³/mol. The molecule has 0 aromatic carbocycles. The van der Waals surface area contributed by atoms with E-state index < -0.39 is 0 Å². The van der Waals surface area contributed by atoms with E-state index in [4.69, 9.17) is 4.74 Å². The fourth-order valence-corrected chi connectivity index (χ4v) is 3.39. The van der Waals surface area contributed by atoms with E-state index in [-0.39, 0.29) is 11.7 Å². The molecule has 0 aromatic heterocycles. The summed E-state index contributed by atoms with van der Waals surface area (Å²) in [6, 6.07) is 0. The summed E-state index contributed by atoms with van der Waals surface area (Å²) in [5.74, 6) is 0.690. The molecule has 0 radical (unpaired) electrons. The molecule has 3 unspecified atom stereocenters. The summed E-state index contributed by atoms with van der Waals surface area (Å²) in [4.78, 5) is 0. The van der Waals surface area contributed by atoms with Crippen LogP contribution in [0.5, 0.6) is 0 Å². The first kappa shape index (κ1) is 16.0. The molecule has 3 atom stereocenters. The normalized spacial score (nSPS) is 30.3. The van der Waals surface area contributed by atoms with Crippen LogP contribution in [0.4, 0.5) is 0 Å². The van der Waals surface area contributed by atoms with Gasteiger partial charge in [0.2, 0.25) is 0 Å². The number of hydrogen-bond donors (Lipinski definition) is 1. The van der Waals surface area contributed by atoms with Crippen molar-refractivity contribution in [3.05, 3.63) is 0 Å². The van der Waals surface area contributed by atoms with Gasteiger partial charge in [0.1, 0.15) is 0 Å². The first-order valence-electron chi connectivity index (χ1n) is 7.96. The van der Waals surface area contributed by atoms with Gasteiger partial charge in [0, 0.05) is 6.61 Å². The zero-order chi connectivity index (χ0) is 13.4. The van der Waals surface area contributed by atoms with Crippen molar-refractivity contribution < 1.29 is 9.84 Å². The number of rotatable bonds is 8. The molecule has 108 valence electrons. The number of aliphatic hydroxyl groups excluding tert-OH is 1. The molecule has 1 aliphatic rings. The third-order valence-electron chi connectivity index (χ3n) is 4.36. The van der Waals surface area contributed by atoms with Crippen molar-refractivity contribution in [2.75, 3.05) is 6.61 Å². The Bertz CT molecular complexity index is 213. The molecular weight excluding hydrogens is 224 g/mol. The summed E-state index contributed by atoms with van der Waals surface area (Å²) in [5.41, 5.74) is -0.237. The van der Waals surface area contributed by atoms with Gasteiger partial charge in [-0.25, -0.2) is 0 Å². The van der Waals surface area contributed by atoms with Crippen LogP contribution in [0.1, 0.15) is 78.6 Å². The molecule has 1 fully saturated rings. The van der Waals surface area contributed by atoms with Gasteiger partial charge in [0.05, 0.1) is 11.7 Å². The van der Waals surface area contributed by atoms with E-state index in [1.54, 1.807) is 0 Å². The highest BCUT2D eigenvalue weighted by molar-refractivity contribution is 4.93. The fourth-order valence-electron chi connectivity index (χ4n) is 3.39. The van der Waals surface area contributed by atoms with E-state index >= 15 is 0 Å². The molecule has 0 spiro atoms. The largest absolute Gasteiger partial charge is 0.390 e. The zero-order valence-electron chi connectivity index (χ0n) is 12.6. The minimum absolute atomic E-state index is 0.237. The Morgan fingerprint density at radius 2 is 2.06 bits per heavy atom. The van der Waals surface area contributed by atoms with Crippen LogP contribution in [0.15, 0.2) is 0 Å². The van der Waals surface area contributed by atoms with E-state index in [1.165, 1.54) is 32.1 Å². The van der Waals surface area contributed by atoms with E-state index in [2.05, 4.69) is 13.8 Å². The SMILES string of the molecule is CCCCCCC(O)C1(OCC)CCCC(C)C1. The Kier molecular flexibility index (Phi) is 7.25. The average molecular weight is 256 g/mol. The Labute approximate surface area is 113 Å². The summed E-state index contributed by atoms with van der Waals surface area (Å²) >= 11 is 0. The topological polar surface area (TPSA) is 29.5 Å². The maximum absolute atomic E-state index is 10.5. The summed E-state index contributed by atoms with van der Waals surface area (Å²) in [5, 5.41) is 10.5.